The van der Waals surface area contributed by atoms with Crippen LogP contribution in [0, 0.1) is 12.7 Å². The topological polar surface area (TPSA) is 77.2 Å². The standard InChI is InChI=1S/C21H22FN3O3S/c1-13(2)15-9-8-14(3)10-18(15)27-11-20-24-25-21(28-20)29-12-19(26)23-17-7-5-4-6-16(17)22/h4-10,13H,11-12H2,1-3H3,(H,23,26). The summed E-state index contributed by atoms with van der Waals surface area (Å²) in [5.41, 5.74) is 2.35. The van der Waals surface area contributed by atoms with E-state index in [-0.39, 0.29) is 29.2 Å². The van der Waals surface area contributed by atoms with E-state index in [1.165, 1.54) is 12.1 Å². The van der Waals surface area contributed by atoms with Crippen molar-refractivity contribution in [3.63, 3.8) is 0 Å². The van der Waals surface area contributed by atoms with Crippen LogP contribution in [0.3, 0.4) is 0 Å². The number of carbonyl (C=O) groups excluding carboxylic acids is 1. The zero-order valence-corrected chi connectivity index (χ0v) is 17.3. The third-order valence-corrected chi connectivity index (χ3v) is 4.88. The van der Waals surface area contributed by atoms with Crippen LogP contribution in [0.2, 0.25) is 0 Å². The summed E-state index contributed by atoms with van der Waals surface area (Å²) in [6.45, 7) is 6.35. The zero-order chi connectivity index (χ0) is 20.8. The predicted octanol–water partition coefficient (Wildman–Crippen LogP) is 4.95. The molecular formula is C21H22FN3O3S. The molecule has 0 spiro atoms. The van der Waals surface area contributed by atoms with Gasteiger partial charge >= 0.3 is 0 Å². The summed E-state index contributed by atoms with van der Waals surface area (Å²) < 4.78 is 25.0. The molecule has 0 atom stereocenters. The molecule has 0 radical (unpaired) electrons. The van der Waals surface area contributed by atoms with Crippen molar-refractivity contribution in [3.05, 3.63) is 65.3 Å². The molecule has 6 nitrogen and oxygen atoms in total. The van der Waals surface area contributed by atoms with Gasteiger partial charge in [-0.15, -0.1) is 10.2 Å². The minimum Gasteiger partial charge on any atom is -0.484 e. The van der Waals surface area contributed by atoms with Crippen molar-refractivity contribution in [3.8, 4) is 5.75 Å². The fourth-order valence-corrected chi connectivity index (χ4v) is 3.19. The molecule has 0 aliphatic rings. The van der Waals surface area contributed by atoms with Crippen LogP contribution in [0.4, 0.5) is 10.1 Å². The van der Waals surface area contributed by atoms with Crippen LogP contribution in [0.5, 0.6) is 5.75 Å². The molecule has 8 heteroatoms. The SMILES string of the molecule is Cc1ccc(C(C)C)c(OCc2nnc(SCC(=O)Nc3ccccc3F)o2)c1. The Balaban J connectivity index is 1.53. The van der Waals surface area contributed by atoms with Gasteiger partial charge in [-0.3, -0.25) is 4.79 Å². The lowest BCUT2D eigenvalue weighted by atomic mass is 10.0. The highest BCUT2D eigenvalue weighted by Gasteiger charge is 2.13. The van der Waals surface area contributed by atoms with Crippen molar-refractivity contribution in [1.82, 2.24) is 10.2 Å². The predicted molar refractivity (Wildman–Crippen MR) is 110 cm³/mol. The summed E-state index contributed by atoms with van der Waals surface area (Å²) >= 11 is 1.08. The first-order valence-electron chi connectivity index (χ1n) is 9.15. The Morgan fingerprint density at radius 1 is 1.24 bits per heavy atom. The van der Waals surface area contributed by atoms with Crippen LogP contribution in [0.1, 0.15) is 36.8 Å². The Morgan fingerprint density at radius 2 is 2.03 bits per heavy atom. The number of benzene rings is 2. The van der Waals surface area contributed by atoms with Crippen molar-refractivity contribution in [2.75, 3.05) is 11.1 Å². The van der Waals surface area contributed by atoms with E-state index in [2.05, 4.69) is 41.5 Å². The maximum atomic E-state index is 13.6. The summed E-state index contributed by atoms with van der Waals surface area (Å²) in [5.74, 6) is 0.603. The minimum absolute atomic E-state index is 0.0200. The molecule has 0 unspecified atom stereocenters. The number of carbonyl (C=O) groups is 1. The first kappa shape index (κ1) is 20.9. The number of ether oxygens (including phenoxy) is 1. The Labute approximate surface area is 172 Å². The van der Waals surface area contributed by atoms with Gasteiger partial charge in [0.2, 0.25) is 5.91 Å². The van der Waals surface area contributed by atoms with Crippen LogP contribution >= 0.6 is 11.8 Å². The third kappa shape index (κ3) is 5.80. The second-order valence-electron chi connectivity index (χ2n) is 6.76. The van der Waals surface area contributed by atoms with Crippen LogP contribution in [-0.4, -0.2) is 21.9 Å². The van der Waals surface area contributed by atoms with Crippen molar-refractivity contribution in [2.45, 2.75) is 38.5 Å². The van der Waals surface area contributed by atoms with Gasteiger partial charge in [0.25, 0.3) is 11.1 Å². The smallest absolute Gasteiger partial charge is 0.277 e. The van der Waals surface area contributed by atoms with Crippen LogP contribution in [0.15, 0.2) is 52.1 Å². The molecule has 2 aromatic carbocycles. The average molecular weight is 415 g/mol. The molecule has 0 saturated heterocycles. The Bertz CT molecular complexity index is 991. The Hall–Kier alpha value is -2.87. The largest absolute Gasteiger partial charge is 0.484 e. The van der Waals surface area contributed by atoms with Crippen molar-refractivity contribution >= 4 is 23.4 Å². The van der Waals surface area contributed by atoms with Crippen molar-refractivity contribution in [1.29, 1.82) is 0 Å². The molecule has 1 heterocycles. The number of aromatic nitrogens is 2. The van der Waals surface area contributed by atoms with Gasteiger partial charge in [-0.05, 0) is 42.2 Å². The van der Waals surface area contributed by atoms with Crippen molar-refractivity contribution in [2.24, 2.45) is 0 Å². The monoisotopic (exact) mass is 415 g/mol. The van der Waals surface area contributed by atoms with Crippen LogP contribution in [0.25, 0.3) is 0 Å². The second kappa shape index (κ2) is 9.56. The number of halogens is 1. The lowest BCUT2D eigenvalue weighted by Crippen LogP contribution is -2.14. The molecule has 0 aliphatic heterocycles. The summed E-state index contributed by atoms with van der Waals surface area (Å²) in [5, 5.41) is 10.6. The molecule has 0 fully saturated rings. The molecule has 29 heavy (non-hydrogen) atoms. The zero-order valence-electron chi connectivity index (χ0n) is 16.4. The lowest BCUT2D eigenvalue weighted by Gasteiger charge is -2.13. The molecule has 1 aromatic heterocycles. The molecule has 3 aromatic rings. The molecular weight excluding hydrogens is 393 g/mol. The molecule has 0 aliphatic carbocycles. The maximum absolute atomic E-state index is 13.6. The first-order valence-corrected chi connectivity index (χ1v) is 10.1. The number of hydrogen-bond acceptors (Lipinski definition) is 6. The van der Waals surface area contributed by atoms with Gasteiger partial charge in [0.05, 0.1) is 11.4 Å². The first-order chi connectivity index (χ1) is 13.9. The summed E-state index contributed by atoms with van der Waals surface area (Å²) in [6, 6.07) is 12.1. The number of thioether (sulfide) groups is 1. The van der Waals surface area contributed by atoms with E-state index in [1.807, 2.05) is 13.0 Å². The van der Waals surface area contributed by atoms with Gasteiger partial charge in [0.15, 0.2) is 6.61 Å². The molecule has 152 valence electrons. The number of nitrogens with zero attached hydrogens (tertiary/aromatic N) is 2. The van der Waals surface area contributed by atoms with E-state index in [9.17, 15) is 9.18 Å². The third-order valence-electron chi connectivity index (χ3n) is 4.07. The quantitative estimate of drug-likeness (QED) is 0.525. The lowest BCUT2D eigenvalue weighted by molar-refractivity contribution is -0.113. The average Bonchev–Trinajstić information content (AvgIpc) is 3.14. The van der Waals surface area contributed by atoms with Crippen molar-refractivity contribution < 1.29 is 18.3 Å². The highest BCUT2D eigenvalue weighted by Crippen LogP contribution is 2.28. The number of rotatable bonds is 8. The van der Waals surface area contributed by atoms with E-state index in [4.69, 9.17) is 9.15 Å². The molecule has 1 N–H and O–H groups in total. The number of nitrogens with one attached hydrogen (secondary N) is 1. The van der Waals surface area contributed by atoms with Gasteiger partial charge < -0.3 is 14.5 Å². The van der Waals surface area contributed by atoms with E-state index >= 15 is 0 Å². The van der Waals surface area contributed by atoms with E-state index in [1.54, 1.807) is 12.1 Å². The summed E-state index contributed by atoms with van der Waals surface area (Å²) in [7, 11) is 0. The van der Waals surface area contributed by atoms with Gasteiger partial charge in [0, 0.05) is 0 Å². The number of anilines is 1. The van der Waals surface area contributed by atoms with Gasteiger partial charge in [-0.1, -0.05) is 49.9 Å². The number of hydrogen-bond donors (Lipinski definition) is 1. The summed E-state index contributed by atoms with van der Waals surface area (Å²) in [4.78, 5) is 12.0. The highest BCUT2D eigenvalue weighted by atomic mass is 32.2. The molecule has 3 rings (SSSR count). The minimum atomic E-state index is -0.486. The second-order valence-corrected chi connectivity index (χ2v) is 7.69. The Morgan fingerprint density at radius 3 is 2.79 bits per heavy atom. The van der Waals surface area contributed by atoms with E-state index in [0.29, 0.717) is 11.8 Å². The number of amides is 1. The number of para-hydroxylation sites is 1. The van der Waals surface area contributed by atoms with Gasteiger partial charge in [-0.25, -0.2) is 4.39 Å². The fourth-order valence-electron chi connectivity index (χ4n) is 2.61. The van der Waals surface area contributed by atoms with Gasteiger partial charge in [-0.2, -0.15) is 0 Å². The van der Waals surface area contributed by atoms with E-state index in [0.717, 1.165) is 28.6 Å². The highest BCUT2D eigenvalue weighted by molar-refractivity contribution is 7.99. The molecule has 0 bridgehead atoms. The maximum Gasteiger partial charge on any atom is 0.277 e. The number of aryl methyl sites for hydroxylation is 1. The van der Waals surface area contributed by atoms with Gasteiger partial charge in [0.1, 0.15) is 11.6 Å². The summed E-state index contributed by atoms with van der Waals surface area (Å²) in [6.07, 6.45) is 0. The molecule has 1 amide bonds. The van der Waals surface area contributed by atoms with Crippen LogP contribution in [-0.2, 0) is 11.4 Å². The van der Waals surface area contributed by atoms with Crippen LogP contribution < -0.4 is 10.1 Å². The normalized spacial score (nSPS) is 10.9. The molecule has 0 saturated carbocycles. The fraction of sp³-hybridized carbons (Fsp3) is 0.286. The Kier molecular flexibility index (Phi) is 6.87. The van der Waals surface area contributed by atoms with E-state index < -0.39 is 5.82 Å².